The SMILES string of the molecule is COc1cccc([C@@H](C)NCC2CN(c3cccc(C(F)(F)F)c3)CCO2)c1. The summed E-state index contributed by atoms with van der Waals surface area (Å²) in [5.74, 6) is 0.802. The number of benzene rings is 2. The maximum Gasteiger partial charge on any atom is 0.416 e. The van der Waals surface area contributed by atoms with Crippen LogP contribution in [0.15, 0.2) is 48.5 Å². The highest BCUT2D eigenvalue weighted by atomic mass is 19.4. The van der Waals surface area contributed by atoms with Crippen molar-refractivity contribution in [3.05, 3.63) is 59.7 Å². The maximum absolute atomic E-state index is 13.0. The number of nitrogens with zero attached hydrogens (tertiary/aromatic N) is 1. The average molecular weight is 394 g/mol. The highest BCUT2D eigenvalue weighted by molar-refractivity contribution is 5.49. The van der Waals surface area contributed by atoms with Crippen LogP contribution in [0.2, 0.25) is 0 Å². The van der Waals surface area contributed by atoms with Gasteiger partial charge < -0.3 is 19.7 Å². The van der Waals surface area contributed by atoms with Crippen molar-refractivity contribution in [1.82, 2.24) is 5.32 Å². The Bertz CT molecular complexity index is 782. The van der Waals surface area contributed by atoms with Gasteiger partial charge in [0.1, 0.15) is 5.75 Å². The van der Waals surface area contributed by atoms with E-state index in [1.165, 1.54) is 12.1 Å². The van der Waals surface area contributed by atoms with Gasteiger partial charge in [-0.25, -0.2) is 0 Å². The number of rotatable bonds is 6. The van der Waals surface area contributed by atoms with Gasteiger partial charge in [0.2, 0.25) is 0 Å². The molecule has 1 aliphatic rings. The second kappa shape index (κ2) is 8.84. The van der Waals surface area contributed by atoms with Crippen molar-refractivity contribution in [3.63, 3.8) is 0 Å². The third-order valence-corrected chi connectivity index (χ3v) is 4.92. The first-order chi connectivity index (χ1) is 13.4. The molecule has 152 valence electrons. The number of alkyl halides is 3. The van der Waals surface area contributed by atoms with Gasteiger partial charge in [-0.05, 0) is 42.8 Å². The van der Waals surface area contributed by atoms with Crippen molar-refractivity contribution in [2.75, 3.05) is 38.3 Å². The molecular formula is C21H25F3N2O2. The smallest absolute Gasteiger partial charge is 0.416 e. The molecule has 28 heavy (non-hydrogen) atoms. The van der Waals surface area contributed by atoms with Crippen molar-refractivity contribution < 1.29 is 22.6 Å². The molecule has 0 spiro atoms. The van der Waals surface area contributed by atoms with Crippen LogP contribution in [0.1, 0.15) is 24.1 Å². The van der Waals surface area contributed by atoms with E-state index < -0.39 is 11.7 Å². The molecule has 0 amide bonds. The van der Waals surface area contributed by atoms with E-state index in [-0.39, 0.29) is 12.1 Å². The molecule has 0 aliphatic carbocycles. The van der Waals surface area contributed by atoms with Gasteiger partial charge in [-0.2, -0.15) is 13.2 Å². The Morgan fingerprint density at radius 3 is 2.75 bits per heavy atom. The summed E-state index contributed by atoms with van der Waals surface area (Å²) in [6.45, 7) is 4.26. The number of halogens is 3. The molecule has 0 radical (unpaired) electrons. The highest BCUT2D eigenvalue weighted by Gasteiger charge is 2.31. The van der Waals surface area contributed by atoms with E-state index >= 15 is 0 Å². The van der Waals surface area contributed by atoms with E-state index in [0.717, 1.165) is 17.4 Å². The minimum absolute atomic E-state index is 0.0997. The second-order valence-electron chi connectivity index (χ2n) is 6.89. The van der Waals surface area contributed by atoms with Gasteiger partial charge in [0.25, 0.3) is 0 Å². The highest BCUT2D eigenvalue weighted by Crippen LogP contribution is 2.32. The van der Waals surface area contributed by atoms with Gasteiger partial charge in [-0.1, -0.05) is 18.2 Å². The minimum atomic E-state index is -4.34. The molecule has 1 N–H and O–H groups in total. The summed E-state index contributed by atoms with van der Waals surface area (Å²) in [5.41, 5.74) is 1.05. The number of anilines is 1. The zero-order valence-electron chi connectivity index (χ0n) is 16.0. The molecule has 1 fully saturated rings. The Balaban J connectivity index is 1.59. The van der Waals surface area contributed by atoms with Gasteiger partial charge in [0.05, 0.1) is 25.4 Å². The summed E-state index contributed by atoms with van der Waals surface area (Å²) in [6, 6.07) is 13.4. The lowest BCUT2D eigenvalue weighted by molar-refractivity contribution is -0.137. The Kier molecular flexibility index (Phi) is 6.46. The summed E-state index contributed by atoms with van der Waals surface area (Å²) in [7, 11) is 1.63. The Morgan fingerprint density at radius 1 is 1.21 bits per heavy atom. The molecule has 1 aliphatic heterocycles. The van der Waals surface area contributed by atoms with E-state index in [9.17, 15) is 13.2 Å². The van der Waals surface area contributed by atoms with E-state index in [0.29, 0.717) is 31.9 Å². The van der Waals surface area contributed by atoms with Crippen LogP contribution in [0.5, 0.6) is 5.75 Å². The number of hydrogen-bond acceptors (Lipinski definition) is 4. The predicted molar refractivity (Wildman–Crippen MR) is 103 cm³/mol. The summed E-state index contributed by atoms with van der Waals surface area (Å²) >= 11 is 0. The van der Waals surface area contributed by atoms with Gasteiger partial charge in [-0.3, -0.25) is 0 Å². The van der Waals surface area contributed by atoms with Crippen LogP contribution in [-0.2, 0) is 10.9 Å². The minimum Gasteiger partial charge on any atom is -0.497 e. The molecule has 2 aromatic carbocycles. The molecule has 7 heteroatoms. The summed E-state index contributed by atoms with van der Waals surface area (Å²) in [6.07, 6.45) is -4.44. The van der Waals surface area contributed by atoms with E-state index in [2.05, 4.69) is 12.2 Å². The standard InChI is InChI=1S/C21H25F3N2O2/c1-15(16-5-3-8-19(11-16)27-2)25-13-20-14-26(9-10-28-20)18-7-4-6-17(12-18)21(22,23)24/h3-8,11-12,15,20,25H,9-10,13-14H2,1-2H3/t15-,20?/m1/s1. The van der Waals surface area contributed by atoms with Crippen LogP contribution in [0.3, 0.4) is 0 Å². The fourth-order valence-electron chi connectivity index (χ4n) is 3.29. The van der Waals surface area contributed by atoms with Crippen LogP contribution in [0.4, 0.5) is 18.9 Å². The van der Waals surface area contributed by atoms with Gasteiger partial charge in [0.15, 0.2) is 0 Å². The first-order valence-electron chi connectivity index (χ1n) is 9.28. The van der Waals surface area contributed by atoms with Gasteiger partial charge in [-0.15, -0.1) is 0 Å². The van der Waals surface area contributed by atoms with Gasteiger partial charge in [0, 0.05) is 31.4 Å². The molecule has 4 nitrogen and oxygen atoms in total. The zero-order valence-corrected chi connectivity index (χ0v) is 16.0. The lowest BCUT2D eigenvalue weighted by Crippen LogP contribution is -2.47. The third-order valence-electron chi connectivity index (χ3n) is 4.92. The Labute approximate surface area is 163 Å². The van der Waals surface area contributed by atoms with Crippen molar-refractivity contribution in [2.24, 2.45) is 0 Å². The Morgan fingerprint density at radius 2 is 2.00 bits per heavy atom. The van der Waals surface area contributed by atoms with E-state index in [1.54, 1.807) is 13.2 Å². The molecular weight excluding hydrogens is 369 g/mol. The maximum atomic E-state index is 13.0. The van der Waals surface area contributed by atoms with E-state index in [1.807, 2.05) is 29.2 Å². The molecule has 1 saturated heterocycles. The van der Waals surface area contributed by atoms with Crippen LogP contribution in [0, 0.1) is 0 Å². The zero-order chi connectivity index (χ0) is 20.1. The van der Waals surface area contributed by atoms with Crippen LogP contribution in [0.25, 0.3) is 0 Å². The van der Waals surface area contributed by atoms with Crippen molar-refractivity contribution in [1.29, 1.82) is 0 Å². The third kappa shape index (κ3) is 5.17. The second-order valence-corrected chi connectivity index (χ2v) is 6.89. The molecule has 3 rings (SSSR count). The number of methoxy groups -OCH3 is 1. The van der Waals surface area contributed by atoms with Gasteiger partial charge >= 0.3 is 6.18 Å². The molecule has 0 bridgehead atoms. The monoisotopic (exact) mass is 394 g/mol. The normalized spacial score (nSPS) is 18.8. The average Bonchev–Trinajstić information content (AvgIpc) is 2.71. The first-order valence-corrected chi connectivity index (χ1v) is 9.28. The topological polar surface area (TPSA) is 33.7 Å². The molecule has 2 aromatic rings. The molecule has 1 heterocycles. The van der Waals surface area contributed by atoms with Crippen molar-refractivity contribution >= 4 is 5.69 Å². The largest absolute Gasteiger partial charge is 0.497 e. The lowest BCUT2D eigenvalue weighted by atomic mass is 10.1. The molecule has 0 aromatic heterocycles. The molecule has 2 atom stereocenters. The quantitative estimate of drug-likeness (QED) is 0.793. The van der Waals surface area contributed by atoms with Crippen molar-refractivity contribution in [3.8, 4) is 5.75 Å². The molecule has 0 saturated carbocycles. The van der Waals surface area contributed by atoms with Crippen LogP contribution >= 0.6 is 0 Å². The molecule has 1 unspecified atom stereocenters. The van der Waals surface area contributed by atoms with Crippen LogP contribution in [-0.4, -0.2) is 39.5 Å². The predicted octanol–water partition coefficient (Wildman–Crippen LogP) is 4.27. The number of morpholine rings is 1. The fourth-order valence-corrected chi connectivity index (χ4v) is 3.29. The number of nitrogens with one attached hydrogen (secondary N) is 1. The first kappa shape index (κ1) is 20.5. The summed E-state index contributed by atoms with van der Waals surface area (Å²) in [4.78, 5) is 1.95. The summed E-state index contributed by atoms with van der Waals surface area (Å²) < 4.78 is 50.0. The van der Waals surface area contributed by atoms with Crippen LogP contribution < -0.4 is 15.0 Å². The lowest BCUT2D eigenvalue weighted by Gasteiger charge is -2.35. The van der Waals surface area contributed by atoms with Crippen molar-refractivity contribution in [2.45, 2.75) is 25.2 Å². The number of ether oxygens (including phenoxy) is 2. The Hall–Kier alpha value is -2.25. The van der Waals surface area contributed by atoms with E-state index in [4.69, 9.17) is 9.47 Å². The summed E-state index contributed by atoms with van der Waals surface area (Å²) in [5, 5.41) is 3.44. The number of hydrogen-bond donors (Lipinski definition) is 1. The fraction of sp³-hybridized carbons (Fsp3) is 0.429.